The minimum absolute atomic E-state index is 0.140. The van der Waals surface area contributed by atoms with Crippen molar-refractivity contribution in [1.82, 2.24) is 4.31 Å². The zero-order valence-electron chi connectivity index (χ0n) is 12.9. The molecule has 0 atom stereocenters. The molecule has 5 nitrogen and oxygen atoms in total. The van der Waals surface area contributed by atoms with E-state index in [1.807, 2.05) is 32.0 Å². The van der Waals surface area contributed by atoms with Gasteiger partial charge in [-0.05, 0) is 44.2 Å². The summed E-state index contributed by atoms with van der Waals surface area (Å²) in [4.78, 5) is 0. The number of hydrogen-bond acceptors (Lipinski definition) is 3. The summed E-state index contributed by atoms with van der Waals surface area (Å²) >= 11 is 0. The lowest BCUT2D eigenvalue weighted by Gasteiger charge is -2.34. The fraction of sp³-hybridized carbons (Fsp3) is 0.600. The molecule has 1 N–H and O–H groups in total. The van der Waals surface area contributed by atoms with Crippen LogP contribution in [0.5, 0.6) is 0 Å². The van der Waals surface area contributed by atoms with Crippen molar-refractivity contribution in [2.45, 2.75) is 26.7 Å². The maximum Gasteiger partial charge on any atom is 0.303 e. The van der Waals surface area contributed by atoms with Gasteiger partial charge in [0.25, 0.3) is 0 Å². The number of benzene rings is 1. The van der Waals surface area contributed by atoms with Crippen molar-refractivity contribution < 1.29 is 13.5 Å². The molecule has 0 spiro atoms. The molecule has 0 bridgehead atoms. The highest BCUT2D eigenvalue weighted by Crippen LogP contribution is 2.26. The molecule has 0 aliphatic carbocycles. The maximum absolute atomic E-state index is 12.7. The average Bonchev–Trinajstić information content (AvgIpc) is 2.46. The Labute approximate surface area is 127 Å². The molecule has 2 rings (SSSR count). The lowest BCUT2D eigenvalue weighted by atomic mass is 10.00. The molecule has 1 aliphatic rings. The van der Waals surface area contributed by atoms with E-state index in [1.54, 1.807) is 7.05 Å². The second kappa shape index (κ2) is 6.34. The molecule has 0 aromatic heterocycles. The van der Waals surface area contributed by atoms with E-state index < -0.39 is 10.2 Å². The minimum Gasteiger partial charge on any atom is -0.396 e. The van der Waals surface area contributed by atoms with Gasteiger partial charge >= 0.3 is 10.2 Å². The minimum atomic E-state index is -3.50. The molecule has 1 aliphatic heterocycles. The topological polar surface area (TPSA) is 60.9 Å². The summed E-state index contributed by atoms with van der Waals surface area (Å²) in [5, 5.41) is 9.15. The van der Waals surface area contributed by atoms with Gasteiger partial charge in [-0.25, -0.2) is 0 Å². The van der Waals surface area contributed by atoms with Crippen LogP contribution in [-0.2, 0) is 10.2 Å². The van der Waals surface area contributed by atoms with E-state index in [4.69, 9.17) is 5.11 Å². The monoisotopic (exact) mass is 312 g/mol. The molecule has 0 amide bonds. The maximum atomic E-state index is 12.7. The third-order valence-corrected chi connectivity index (χ3v) is 6.10. The molecule has 1 fully saturated rings. The largest absolute Gasteiger partial charge is 0.396 e. The molecule has 6 heteroatoms. The number of aryl methyl sites for hydroxylation is 2. The van der Waals surface area contributed by atoms with Gasteiger partial charge in [0, 0.05) is 26.7 Å². The molecule has 118 valence electrons. The van der Waals surface area contributed by atoms with Crippen molar-refractivity contribution in [2.24, 2.45) is 5.92 Å². The van der Waals surface area contributed by atoms with E-state index in [2.05, 4.69) is 0 Å². The van der Waals surface area contributed by atoms with E-state index in [9.17, 15) is 8.42 Å². The number of nitrogens with zero attached hydrogens (tertiary/aromatic N) is 2. The quantitative estimate of drug-likeness (QED) is 0.920. The molecule has 1 aromatic carbocycles. The van der Waals surface area contributed by atoms with Crippen LogP contribution in [0.25, 0.3) is 0 Å². The smallest absolute Gasteiger partial charge is 0.303 e. The van der Waals surface area contributed by atoms with Gasteiger partial charge in [-0.1, -0.05) is 17.7 Å². The molecule has 1 saturated heterocycles. The SMILES string of the molecule is Cc1ccc(N(C)S(=O)(=O)N2CCC(CO)CC2)c(C)c1. The molecule has 0 saturated carbocycles. The molecular weight excluding hydrogens is 288 g/mol. The zero-order chi connectivity index (χ0) is 15.6. The highest BCUT2D eigenvalue weighted by atomic mass is 32.2. The van der Waals surface area contributed by atoms with Crippen molar-refractivity contribution >= 4 is 15.9 Å². The van der Waals surface area contributed by atoms with Crippen LogP contribution < -0.4 is 4.31 Å². The van der Waals surface area contributed by atoms with Gasteiger partial charge in [0.05, 0.1) is 5.69 Å². The fourth-order valence-corrected chi connectivity index (χ4v) is 4.25. The normalized spacial score (nSPS) is 17.9. The summed E-state index contributed by atoms with van der Waals surface area (Å²) in [7, 11) is -1.89. The van der Waals surface area contributed by atoms with Crippen LogP contribution in [0.15, 0.2) is 18.2 Å². The molecule has 1 aromatic rings. The van der Waals surface area contributed by atoms with Gasteiger partial charge < -0.3 is 5.11 Å². The van der Waals surface area contributed by atoms with E-state index in [0.717, 1.165) is 24.0 Å². The summed E-state index contributed by atoms with van der Waals surface area (Å²) in [6.07, 6.45) is 1.44. The van der Waals surface area contributed by atoms with Crippen LogP contribution in [0.2, 0.25) is 0 Å². The Morgan fingerprint density at radius 2 is 1.90 bits per heavy atom. The number of aliphatic hydroxyl groups is 1. The number of aliphatic hydroxyl groups excluding tert-OH is 1. The molecule has 0 unspecified atom stereocenters. The number of piperidine rings is 1. The number of hydrogen-bond donors (Lipinski definition) is 1. The van der Waals surface area contributed by atoms with Crippen molar-refractivity contribution in [3.63, 3.8) is 0 Å². The van der Waals surface area contributed by atoms with Crippen LogP contribution in [-0.4, -0.2) is 44.6 Å². The van der Waals surface area contributed by atoms with E-state index in [1.165, 1.54) is 8.61 Å². The number of anilines is 1. The highest BCUT2D eigenvalue weighted by molar-refractivity contribution is 7.90. The van der Waals surface area contributed by atoms with E-state index in [-0.39, 0.29) is 12.5 Å². The Hall–Kier alpha value is -1.11. The van der Waals surface area contributed by atoms with Crippen LogP contribution in [0.3, 0.4) is 0 Å². The summed E-state index contributed by atoms with van der Waals surface area (Å²) in [6.45, 7) is 5.00. The Morgan fingerprint density at radius 1 is 1.29 bits per heavy atom. The van der Waals surface area contributed by atoms with E-state index >= 15 is 0 Å². The van der Waals surface area contributed by atoms with Crippen molar-refractivity contribution in [1.29, 1.82) is 0 Å². The summed E-state index contributed by atoms with van der Waals surface area (Å²) in [5.41, 5.74) is 2.78. The lowest BCUT2D eigenvalue weighted by Crippen LogP contribution is -2.46. The highest BCUT2D eigenvalue weighted by Gasteiger charge is 2.31. The summed E-state index contributed by atoms with van der Waals surface area (Å²) in [5.74, 6) is 0.225. The van der Waals surface area contributed by atoms with Crippen LogP contribution >= 0.6 is 0 Å². The number of rotatable bonds is 4. The van der Waals surface area contributed by atoms with Crippen molar-refractivity contribution in [3.8, 4) is 0 Å². The van der Waals surface area contributed by atoms with Crippen molar-refractivity contribution in [2.75, 3.05) is 31.0 Å². The first-order chi connectivity index (χ1) is 9.86. The van der Waals surface area contributed by atoms with Crippen LogP contribution in [0.1, 0.15) is 24.0 Å². The molecule has 0 radical (unpaired) electrons. The zero-order valence-corrected chi connectivity index (χ0v) is 13.7. The van der Waals surface area contributed by atoms with Gasteiger partial charge in [-0.15, -0.1) is 0 Å². The predicted molar refractivity (Wildman–Crippen MR) is 84.6 cm³/mol. The second-order valence-electron chi connectivity index (χ2n) is 5.79. The molecule has 1 heterocycles. The van der Waals surface area contributed by atoms with Gasteiger partial charge in [0.1, 0.15) is 0 Å². The molecular formula is C15H24N2O3S. The fourth-order valence-electron chi connectivity index (χ4n) is 2.78. The third-order valence-electron chi connectivity index (χ3n) is 4.20. The van der Waals surface area contributed by atoms with Gasteiger partial charge in [-0.2, -0.15) is 12.7 Å². The van der Waals surface area contributed by atoms with Gasteiger partial charge in [0.15, 0.2) is 0 Å². The Kier molecular flexibility index (Phi) is 4.91. The van der Waals surface area contributed by atoms with Gasteiger partial charge in [0.2, 0.25) is 0 Å². The Balaban J connectivity index is 2.19. The van der Waals surface area contributed by atoms with Crippen LogP contribution in [0.4, 0.5) is 5.69 Å². The Bertz CT molecular complexity index is 593. The summed E-state index contributed by atoms with van der Waals surface area (Å²) in [6, 6.07) is 5.76. The first-order valence-electron chi connectivity index (χ1n) is 7.28. The summed E-state index contributed by atoms with van der Waals surface area (Å²) < 4.78 is 28.3. The predicted octanol–water partition coefficient (Wildman–Crippen LogP) is 1.69. The van der Waals surface area contributed by atoms with E-state index in [0.29, 0.717) is 18.8 Å². The van der Waals surface area contributed by atoms with Gasteiger partial charge in [-0.3, -0.25) is 4.31 Å². The average molecular weight is 312 g/mol. The lowest BCUT2D eigenvalue weighted by molar-refractivity contribution is 0.170. The van der Waals surface area contributed by atoms with Crippen molar-refractivity contribution in [3.05, 3.63) is 29.3 Å². The Morgan fingerprint density at radius 3 is 2.43 bits per heavy atom. The first-order valence-corrected chi connectivity index (χ1v) is 8.68. The molecule has 21 heavy (non-hydrogen) atoms. The van der Waals surface area contributed by atoms with Crippen LogP contribution in [0, 0.1) is 19.8 Å². The second-order valence-corrected chi connectivity index (χ2v) is 7.75. The standard InChI is InChI=1S/C15H24N2O3S/c1-12-4-5-15(13(2)10-12)16(3)21(19,20)17-8-6-14(11-18)7-9-17/h4-5,10,14,18H,6-9,11H2,1-3H3. The first kappa shape index (κ1) is 16.3. The third kappa shape index (κ3) is 3.39.